The lowest BCUT2D eigenvalue weighted by Gasteiger charge is -2.29. The highest BCUT2D eigenvalue weighted by molar-refractivity contribution is 5.85. The second kappa shape index (κ2) is 8.04. The van der Waals surface area contributed by atoms with Crippen molar-refractivity contribution in [1.82, 2.24) is 5.32 Å². The fourth-order valence-corrected chi connectivity index (χ4v) is 3.32. The van der Waals surface area contributed by atoms with E-state index in [1.54, 1.807) is 26.4 Å². The number of carbonyl (C=O) groups excluding carboxylic acids is 1. The predicted octanol–water partition coefficient (Wildman–Crippen LogP) is 2.77. The van der Waals surface area contributed by atoms with Gasteiger partial charge in [-0.1, -0.05) is 12.8 Å². The third-order valence-electron chi connectivity index (χ3n) is 4.68. The van der Waals surface area contributed by atoms with E-state index in [9.17, 15) is 14.7 Å². The van der Waals surface area contributed by atoms with Gasteiger partial charge in [0.1, 0.15) is 11.5 Å². The van der Waals surface area contributed by atoms with Gasteiger partial charge in [0.15, 0.2) is 0 Å². The van der Waals surface area contributed by atoms with Crippen LogP contribution in [0, 0.1) is 11.8 Å². The molecule has 0 saturated heterocycles. The Labute approximate surface area is 142 Å². The summed E-state index contributed by atoms with van der Waals surface area (Å²) in [5.74, 6) is -0.843. The van der Waals surface area contributed by atoms with Crippen molar-refractivity contribution in [3.63, 3.8) is 0 Å². The lowest BCUT2D eigenvalue weighted by Crippen LogP contribution is -2.40. The average Bonchev–Trinajstić information content (AvgIpc) is 2.60. The fourth-order valence-electron chi connectivity index (χ4n) is 3.32. The number of methoxy groups -OCH3 is 2. The Morgan fingerprint density at radius 1 is 1.17 bits per heavy atom. The number of carboxylic acids is 1. The Hall–Kier alpha value is -2.24. The largest absolute Gasteiger partial charge is 0.497 e. The van der Waals surface area contributed by atoms with Crippen LogP contribution in [0.4, 0.5) is 0 Å². The molecular weight excluding hydrogens is 310 g/mol. The summed E-state index contributed by atoms with van der Waals surface area (Å²) in [6, 6.07) is 5.09. The minimum atomic E-state index is -0.888. The van der Waals surface area contributed by atoms with Crippen LogP contribution in [0.3, 0.4) is 0 Å². The van der Waals surface area contributed by atoms with Gasteiger partial charge in [-0.05, 0) is 38.0 Å². The summed E-state index contributed by atoms with van der Waals surface area (Å²) in [6.07, 6.45) is 2.92. The molecule has 0 aromatic heterocycles. The summed E-state index contributed by atoms with van der Waals surface area (Å²) in [5, 5.41) is 12.3. The standard InChI is InChI=1S/C18H25NO5/c1-11(15-10-12(23-2)8-9-16(15)24-3)19-17(20)13-6-4-5-7-14(13)18(21)22/h8-11,13-14H,4-7H2,1-3H3,(H,19,20)(H,21,22)/t11-,13-,14+/m1/s1. The van der Waals surface area contributed by atoms with Crippen LogP contribution < -0.4 is 14.8 Å². The summed E-state index contributed by atoms with van der Waals surface area (Å²) < 4.78 is 10.6. The number of amides is 1. The number of ether oxygens (including phenoxy) is 2. The van der Waals surface area contributed by atoms with Crippen LogP contribution in [0.25, 0.3) is 0 Å². The molecule has 6 nitrogen and oxygen atoms in total. The molecule has 1 aromatic carbocycles. The number of carbonyl (C=O) groups is 2. The minimum Gasteiger partial charge on any atom is -0.497 e. The summed E-state index contributed by atoms with van der Waals surface area (Å²) in [6.45, 7) is 1.85. The topological polar surface area (TPSA) is 84.9 Å². The Morgan fingerprint density at radius 3 is 2.42 bits per heavy atom. The van der Waals surface area contributed by atoms with Gasteiger partial charge in [-0.3, -0.25) is 9.59 Å². The van der Waals surface area contributed by atoms with Crippen LogP contribution in [0.1, 0.15) is 44.2 Å². The SMILES string of the molecule is COc1ccc(OC)c([C@@H](C)NC(=O)[C@@H]2CCCC[C@@H]2C(=O)O)c1. The molecular formula is C18H25NO5. The molecule has 2 N–H and O–H groups in total. The second-order valence-corrected chi connectivity index (χ2v) is 6.17. The van der Waals surface area contributed by atoms with Gasteiger partial charge in [-0.15, -0.1) is 0 Å². The van der Waals surface area contributed by atoms with Crippen LogP contribution in [-0.2, 0) is 9.59 Å². The van der Waals surface area contributed by atoms with Gasteiger partial charge < -0.3 is 19.9 Å². The third-order valence-corrected chi connectivity index (χ3v) is 4.68. The molecule has 0 radical (unpaired) electrons. The number of benzene rings is 1. The van der Waals surface area contributed by atoms with E-state index in [0.717, 1.165) is 18.4 Å². The molecule has 1 saturated carbocycles. The molecule has 0 aliphatic heterocycles. The first kappa shape index (κ1) is 18.1. The molecule has 1 aromatic rings. The maximum absolute atomic E-state index is 12.6. The number of rotatable bonds is 6. The van der Waals surface area contributed by atoms with E-state index in [1.165, 1.54) is 0 Å². The van der Waals surface area contributed by atoms with E-state index >= 15 is 0 Å². The first-order chi connectivity index (χ1) is 11.5. The molecule has 0 heterocycles. The van der Waals surface area contributed by atoms with Crippen molar-refractivity contribution in [3.05, 3.63) is 23.8 Å². The smallest absolute Gasteiger partial charge is 0.307 e. The van der Waals surface area contributed by atoms with E-state index in [4.69, 9.17) is 9.47 Å². The quantitative estimate of drug-likeness (QED) is 0.835. The van der Waals surface area contributed by atoms with Gasteiger partial charge in [-0.25, -0.2) is 0 Å². The number of aliphatic carboxylic acids is 1. The lowest BCUT2D eigenvalue weighted by molar-refractivity contribution is -0.149. The van der Waals surface area contributed by atoms with E-state index in [0.29, 0.717) is 24.3 Å². The lowest BCUT2D eigenvalue weighted by atomic mass is 9.78. The Balaban J connectivity index is 2.14. The van der Waals surface area contributed by atoms with Crippen molar-refractivity contribution in [2.45, 2.75) is 38.6 Å². The molecule has 24 heavy (non-hydrogen) atoms. The minimum absolute atomic E-state index is 0.209. The van der Waals surface area contributed by atoms with Crippen LogP contribution in [0.5, 0.6) is 11.5 Å². The fraction of sp³-hybridized carbons (Fsp3) is 0.556. The molecule has 0 spiro atoms. The highest BCUT2D eigenvalue weighted by Gasteiger charge is 2.36. The summed E-state index contributed by atoms with van der Waals surface area (Å²) in [7, 11) is 3.15. The van der Waals surface area contributed by atoms with Gasteiger partial charge in [0.2, 0.25) is 5.91 Å². The van der Waals surface area contributed by atoms with E-state index in [-0.39, 0.29) is 11.9 Å². The summed E-state index contributed by atoms with van der Waals surface area (Å²) in [4.78, 5) is 24.0. The van der Waals surface area contributed by atoms with Gasteiger partial charge >= 0.3 is 5.97 Å². The molecule has 0 bridgehead atoms. The Morgan fingerprint density at radius 2 is 1.83 bits per heavy atom. The van der Waals surface area contributed by atoms with E-state index in [1.807, 2.05) is 13.0 Å². The molecule has 6 heteroatoms. The van der Waals surface area contributed by atoms with Crippen molar-refractivity contribution in [1.29, 1.82) is 0 Å². The van der Waals surface area contributed by atoms with Crippen molar-refractivity contribution in [3.8, 4) is 11.5 Å². The molecule has 1 aliphatic rings. The molecule has 1 fully saturated rings. The highest BCUT2D eigenvalue weighted by Crippen LogP contribution is 2.33. The Bertz CT molecular complexity index is 601. The van der Waals surface area contributed by atoms with Gasteiger partial charge in [0.25, 0.3) is 0 Å². The third kappa shape index (κ3) is 3.99. The molecule has 0 unspecified atom stereocenters. The second-order valence-electron chi connectivity index (χ2n) is 6.17. The van der Waals surface area contributed by atoms with Crippen molar-refractivity contribution in [2.24, 2.45) is 11.8 Å². The monoisotopic (exact) mass is 335 g/mol. The zero-order chi connectivity index (χ0) is 17.7. The maximum Gasteiger partial charge on any atom is 0.307 e. The van der Waals surface area contributed by atoms with Crippen molar-refractivity contribution >= 4 is 11.9 Å². The Kier molecular flexibility index (Phi) is 6.06. The first-order valence-corrected chi connectivity index (χ1v) is 8.23. The van der Waals surface area contributed by atoms with Crippen LogP contribution >= 0.6 is 0 Å². The number of hydrogen-bond acceptors (Lipinski definition) is 4. The van der Waals surface area contributed by atoms with Gasteiger partial charge in [-0.2, -0.15) is 0 Å². The molecule has 2 rings (SSSR count). The average molecular weight is 335 g/mol. The zero-order valence-corrected chi connectivity index (χ0v) is 14.4. The highest BCUT2D eigenvalue weighted by atomic mass is 16.5. The molecule has 3 atom stereocenters. The van der Waals surface area contributed by atoms with Crippen LogP contribution in [0.2, 0.25) is 0 Å². The summed E-state index contributed by atoms with van der Waals surface area (Å²) >= 11 is 0. The number of nitrogens with one attached hydrogen (secondary N) is 1. The van der Waals surface area contributed by atoms with Crippen molar-refractivity contribution < 1.29 is 24.2 Å². The maximum atomic E-state index is 12.6. The summed E-state index contributed by atoms with van der Waals surface area (Å²) in [5.41, 5.74) is 0.799. The molecule has 1 aliphatic carbocycles. The van der Waals surface area contributed by atoms with Crippen LogP contribution in [-0.4, -0.2) is 31.2 Å². The van der Waals surface area contributed by atoms with Crippen molar-refractivity contribution in [2.75, 3.05) is 14.2 Å². The normalized spacial score (nSPS) is 21.6. The molecule has 132 valence electrons. The van der Waals surface area contributed by atoms with Gasteiger partial charge in [0, 0.05) is 5.56 Å². The van der Waals surface area contributed by atoms with Crippen LogP contribution in [0.15, 0.2) is 18.2 Å². The van der Waals surface area contributed by atoms with E-state index < -0.39 is 17.8 Å². The van der Waals surface area contributed by atoms with Gasteiger partial charge in [0.05, 0.1) is 32.1 Å². The van der Waals surface area contributed by atoms with E-state index in [2.05, 4.69) is 5.32 Å². The number of carboxylic acid groups (broad SMARTS) is 1. The number of hydrogen-bond donors (Lipinski definition) is 2. The predicted molar refractivity (Wildman–Crippen MR) is 89.2 cm³/mol. The molecule has 1 amide bonds. The zero-order valence-electron chi connectivity index (χ0n) is 14.4. The first-order valence-electron chi connectivity index (χ1n) is 8.23.